The van der Waals surface area contributed by atoms with E-state index in [-0.39, 0.29) is 0 Å². The second-order valence-corrected chi connectivity index (χ2v) is 6.59. The molecular formula is C14H18INO4. The standard InChI is InChI=1S/C14H18INO4/c1-9(12(17)18)16(13(19)20-14(2,3)4)11-7-5-10(15)6-8-11/h5-9H,1-4H3,(H,17,18)/t9-/m0/s1. The van der Waals surface area contributed by atoms with Gasteiger partial charge in [0.15, 0.2) is 0 Å². The minimum absolute atomic E-state index is 0.495. The van der Waals surface area contributed by atoms with E-state index < -0.39 is 23.7 Å². The van der Waals surface area contributed by atoms with Crippen LogP contribution in [0.4, 0.5) is 10.5 Å². The molecule has 0 spiro atoms. The van der Waals surface area contributed by atoms with Crippen LogP contribution in [0.1, 0.15) is 27.7 Å². The molecule has 0 aliphatic heterocycles. The molecule has 0 aromatic heterocycles. The Morgan fingerprint density at radius 3 is 2.15 bits per heavy atom. The lowest BCUT2D eigenvalue weighted by atomic mass is 10.2. The fourth-order valence-corrected chi connectivity index (χ4v) is 1.87. The van der Waals surface area contributed by atoms with E-state index in [4.69, 9.17) is 9.84 Å². The third-order valence-electron chi connectivity index (χ3n) is 2.44. The van der Waals surface area contributed by atoms with Crippen molar-refractivity contribution in [2.24, 2.45) is 0 Å². The zero-order chi connectivity index (χ0) is 15.5. The minimum atomic E-state index is -1.09. The van der Waals surface area contributed by atoms with Gasteiger partial charge in [0.25, 0.3) is 0 Å². The third-order valence-corrected chi connectivity index (χ3v) is 3.16. The predicted octanol–water partition coefficient (Wildman–Crippen LogP) is 3.51. The van der Waals surface area contributed by atoms with Crippen molar-refractivity contribution in [3.05, 3.63) is 27.8 Å². The molecule has 0 aliphatic rings. The van der Waals surface area contributed by atoms with Crippen LogP contribution >= 0.6 is 22.6 Å². The van der Waals surface area contributed by atoms with E-state index in [1.165, 1.54) is 6.92 Å². The summed E-state index contributed by atoms with van der Waals surface area (Å²) in [6.45, 7) is 6.66. The first-order chi connectivity index (χ1) is 9.11. The number of hydrogen-bond donors (Lipinski definition) is 1. The van der Waals surface area contributed by atoms with Gasteiger partial charge in [0.05, 0.1) is 0 Å². The lowest BCUT2D eigenvalue weighted by Crippen LogP contribution is -2.46. The molecule has 1 rings (SSSR count). The number of carboxylic acid groups (broad SMARTS) is 1. The van der Waals surface area contributed by atoms with E-state index in [1.54, 1.807) is 32.9 Å². The second kappa shape index (κ2) is 6.43. The largest absolute Gasteiger partial charge is 0.480 e. The Kier molecular flexibility index (Phi) is 5.38. The molecule has 20 heavy (non-hydrogen) atoms. The topological polar surface area (TPSA) is 66.8 Å². The number of aliphatic carboxylic acids is 1. The van der Waals surface area contributed by atoms with Crippen molar-refractivity contribution in [3.63, 3.8) is 0 Å². The highest BCUT2D eigenvalue weighted by molar-refractivity contribution is 14.1. The maximum absolute atomic E-state index is 12.2. The van der Waals surface area contributed by atoms with Crippen molar-refractivity contribution in [3.8, 4) is 0 Å². The van der Waals surface area contributed by atoms with Gasteiger partial charge in [0.2, 0.25) is 0 Å². The Labute approximate surface area is 132 Å². The number of hydrogen-bond acceptors (Lipinski definition) is 3. The number of carbonyl (C=O) groups is 2. The van der Waals surface area contributed by atoms with Gasteiger partial charge in [0, 0.05) is 9.26 Å². The Morgan fingerprint density at radius 1 is 1.25 bits per heavy atom. The number of amides is 1. The molecule has 6 heteroatoms. The molecule has 1 aromatic carbocycles. The molecule has 0 unspecified atom stereocenters. The van der Waals surface area contributed by atoms with Crippen molar-refractivity contribution < 1.29 is 19.4 Å². The summed E-state index contributed by atoms with van der Waals surface area (Å²) in [6, 6.07) is 6.00. The maximum atomic E-state index is 12.2. The molecule has 110 valence electrons. The first kappa shape index (κ1) is 16.7. The van der Waals surface area contributed by atoms with Crippen LogP contribution in [0.3, 0.4) is 0 Å². The van der Waals surface area contributed by atoms with Crippen LogP contribution in [0.25, 0.3) is 0 Å². The highest BCUT2D eigenvalue weighted by Gasteiger charge is 2.31. The molecule has 1 N–H and O–H groups in total. The van der Waals surface area contributed by atoms with Gasteiger partial charge in [-0.3, -0.25) is 4.90 Å². The highest BCUT2D eigenvalue weighted by atomic mass is 127. The zero-order valence-corrected chi connectivity index (χ0v) is 14.0. The lowest BCUT2D eigenvalue weighted by molar-refractivity contribution is -0.138. The summed E-state index contributed by atoms with van der Waals surface area (Å²) in [6.07, 6.45) is -0.673. The molecular weight excluding hydrogens is 373 g/mol. The van der Waals surface area contributed by atoms with E-state index in [1.807, 2.05) is 12.1 Å². The predicted molar refractivity (Wildman–Crippen MR) is 85.0 cm³/mol. The van der Waals surface area contributed by atoms with Gasteiger partial charge in [-0.15, -0.1) is 0 Å². The monoisotopic (exact) mass is 391 g/mol. The Hall–Kier alpha value is -1.31. The fraction of sp³-hybridized carbons (Fsp3) is 0.429. The van der Waals surface area contributed by atoms with Crippen molar-refractivity contribution in [1.82, 2.24) is 0 Å². The Balaban J connectivity index is 3.12. The van der Waals surface area contributed by atoms with E-state index in [0.717, 1.165) is 8.47 Å². The van der Waals surface area contributed by atoms with Crippen molar-refractivity contribution in [2.45, 2.75) is 39.3 Å². The molecule has 1 atom stereocenters. The number of nitrogens with zero attached hydrogens (tertiary/aromatic N) is 1. The lowest BCUT2D eigenvalue weighted by Gasteiger charge is -2.29. The summed E-state index contributed by atoms with van der Waals surface area (Å²) < 4.78 is 6.28. The van der Waals surface area contributed by atoms with E-state index in [2.05, 4.69) is 22.6 Å². The smallest absolute Gasteiger partial charge is 0.415 e. The van der Waals surface area contributed by atoms with Crippen molar-refractivity contribution >= 4 is 40.3 Å². The third kappa shape index (κ3) is 4.66. The van der Waals surface area contributed by atoms with Gasteiger partial charge in [0.1, 0.15) is 11.6 Å². The number of halogens is 1. The van der Waals surface area contributed by atoms with Crippen LogP contribution in [0.5, 0.6) is 0 Å². The summed E-state index contributed by atoms with van der Waals surface area (Å²) >= 11 is 2.14. The molecule has 0 aliphatic carbocycles. The van der Waals surface area contributed by atoms with Crippen molar-refractivity contribution in [2.75, 3.05) is 4.90 Å². The summed E-state index contributed by atoms with van der Waals surface area (Å²) in [5, 5.41) is 9.16. The average Bonchev–Trinajstić information content (AvgIpc) is 2.29. The molecule has 5 nitrogen and oxygen atoms in total. The van der Waals surface area contributed by atoms with Gasteiger partial charge >= 0.3 is 12.1 Å². The van der Waals surface area contributed by atoms with E-state index >= 15 is 0 Å². The molecule has 0 bridgehead atoms. The molecule has 0 fully saturated rings. The van der Waals surface area contributed by atoms with E-state index in [0.29, 0.717) is 5.69 Å². The summed E-state index contributed by atoms with van der Waals surface area (Å²) in [7, 11) is 0. The van der Waals surface area contributed by atoms with Gasteiger partial charge in [-0.2, -0.15) is 0 Å². The molecule has 0 saturated carbocycles. The van der Waals surface area contributed by atoms with Gasteiger partial charge in [-0.05, 0) is 74.6 Å². The number of ether oxygens (including phenoxy) is 1. The first-order valence-electron chi connectivity index (χ1n) is 6.12. The Morgan fingerprint density at radius 2 is 1.75 bits per heavy atom. The van der Waals surface area contributed by atoms with Crippen LogP contribution in [0.2, 0.25) is 0 Å². The number of carboxylic acids is 1. The maximum Gasteiger partial charge on any atom is 0.415 e. The van der Waals surface area contributed by atoms with Crippen LogP contribution in [0.15, 0.2) is 24.3 Å². The fourth-order valence-electron chi connectivity index (χ4n) is 1.51. The van der Waals surface area contributed by atoms with Gasteiger partial charge in [-0.25, -0.2) is 9.59 Å². The summed E-state index contributed by atoms with van der Waals surface area (Å²) in [4.78, 5) is 24.6. The van der Waals surface area contributed by atoms with Crippen LogP contribution < -0.4 is 4.90 Å². The van der Waals surface area contributed by atoms with Gasteiger partial charge < -0.3 is 9.84 Å². The quantitative estimate of drug-likeness (QED) is 0.801. The van der Waals surface area contributed by atoms with Crippen LogP contribution in [-0.2, 0) is 9.53 Å². The molecule has 1 amide bonds. The SMILES string of the molecule is C[C@@H](C(=O)O)N(C(=O)OC(C)(C)C)c1ccc(I)cc1. The second-order valence-electron chi connectivity index (χ2n) is 5.34. The van der Waals surface area contributed by atoms with E-state index in [9.17, 15) is 9.59 Å². The van der Waals surface area contributed by atoms with Crippen molar-refractivity contribution in [1.29, 1.82) is 0 Å². The number of rotatable bonds is 3. The zero-order valence-electron chi connectivity index (χ0n) is 11.9. The average molecular weight is 391 g/mol. The number of anilines is 1. The molecule has 0 radical (unpaired) electrons. The van der Waals surface area contributed by atoms with Crippen LogP contribution in [0, 0.1) is 3.57 Å². The summed E-state index contributed by atoms with van der Waals surface area (Å²) in [5.41, 5.74) is -0.189. The normalized spacial score (nSPS) is 12.7. The number of carbonyl (C=O) groups excluding carboxylic acids is 1. The Bertz CT molecular complexity index is 493. The highest BCUT2D eigenvalue weighted by Crippen LogP contribution is 2.22. The van der Waals surface area contributed by atoms with Crippen LogP contribution in [-0.4, -0.2) is 28.8 Å². The molecule has 0 heterocycles. The summed E-state index contributed by atoms with van der Waals surface area (Å²) in [5.74, 6) is -1.09. The first-order valence-corrected chi connectivity index (χ1v) is 7.20. The minimum Gasteiger partial charge on any atom is -0.480 e. The molecule has 1 aromatic rings. The number of benzene rings is 1. The van der Waals surface area contributed by atoms with Gasteiger partial charge in [-0.1, -0.05) is 0 Å². The molecule has 0 saturated heterocycles.